The molecule has 1 aromatic rings. The van der Waals surface area contributed by atoms with Crippen molar-refractivity contribution in [2.45, 2.75) is 44.4 Å². The van der Waals surface area contributed by atoms with Crippen LogP contribution in [0.1, 0.15) is 39.2 Å². The Morgan fingerprint density at radius 2 is 2.12 bits per heavy atom. The fourth-order valence-electron chi connectivity index (χ4n) is 1.77. The number of pyridine rings is 1. The van der Waals surface area contributed by atoms with Gasteiger partial charge in [-0.2, -0.15) is 0 Å². The van der Waals surface area contributed by atoms with Gasteiger partial charge in [-0.25, -0.2) is 4.98 Å². The Morgan fingerprint density at radius 1 is 1.41 bits per heavy atom. The van der Waals surface area contributed by atoms with E-state index in [4.69, 9.17) is 11.6 Å². The Bertz CT molecular complexity index is 363. The number of anilines is 1. The molecule has 1 aliphatic carbocycles. The van der Waals surface area contributed by atoms with Crippen LogP contribution in [0.5, 0.6) is 0 Å². The largest absolute Gasteiger partial charge is 0.369 e. The first-order valence-corrected chi connectivity index (χ1v) is 6.75. The molecular formula is C14H21ClN2. The number of rotatable bonds is 4. The van der Waals surface area contributed by atoms with Gasteiger partial charge < -0.3 is 5.32 Å². The van der Waals surface area contributed by atoms with Gasteiger partial charge in [0.25, 0.3) is 0 Å². The Labute approximate surface area is 109 Å². The van der Waals surface area contributed by atoms with Crippen LogP contribution in [0.15, 0.2) is 18.3 Å². The van der Waals surface area contributed by atoms with Gasteiger partial charge in [0.2, 0.25) is 0 Å². The van der Waals surface area contributed by atoms with E-state index in [1.807, 2.05) is 12.3 Å². The number of halogens is 1. The van der Waals surface area contributed by atoms with E-state index in [1.165, 1.54) is 18.4 Å². The highest BCUT2D eigenvalue weighted by Crippen LogP contribution is 2.35. The van der Waals surface area contributed by atoms with Crippen LogP contribution in [0.25, 0.3) is 0 Å². The fourth-order valence-corrected chi connectivity index (χ4v) is 2.10. The first-order chi connectivity index (χ1) is 7.97. The van der Waals surface area contributed by atoms with Crippen molar-refractivity contribution in [2.24, 2.45) is 5.92 Å². The van der Waals surface area contributed by atoms with Crippen LogP contribution >= 0.6 is 11.6 Å². The smallest absolute Gasteiger partial charge is 0.125 e. The standard InChI is InChI=1S/C14H21ClN2/c1-14(2,3)11-6-7-13(16-8-11)17-9-12(15)10-4-5-10/h6-8,10,12H,4-5,9H2,1-3H3,(H,16,17). The molecule has 1 fully saturated rings. The molecular weight excluding hydrogens is 232 g/mol. The quantitative estimate of drug-likeness (QED) is 0.825. The Balaban J connectivity index is 1.89. The zero-order valence-electron chi connectivity index (χ0n) is 10.8. The lowest BCUT2D eigenvalue weighted by molar-refractivity contribution is 0.587. The van der Waals surface area contributed by atoms with Crippen LogP contribution in [0, 0.1) is 5.92 Å². The molecule has 0 bridgehead atoms. The second kappa shape index (κ2) is 4.85. The SMILES string of the molecule is CC(C)(C)c1ccc(NCC(Cl)C2CC2)nc1. The monoisotopic (exact) mass is 252 g/mol. The summed E-state index contributed by atoms with van der Waals surface area (Å²) in [5.41, 5.74) is 1.42. The molecule has 1 N–H and O–H groups in total. The Morgan fingerprint density at radius 3 is 2.59 bits per heavy atom. The van der Waals surface area contributed by atoms with Crippen molar-refractivity contribution in [3.63, 3.8) is 0 Å². The summed E-state index contributed by atoms with van der Waals surface area (Å²) in [4.78, 5) is 4.43. The van der Waals surface area contributed by atoms with Gasteiger partial charge in [0.15, 0.2) is 0 Å². The van der Waals surface area contributed by atoms with Crippen molar-refractivity contribution in [1.29, 1.82) is 0 Å². The lowest BCUT2D eigenvalue weighted by atomic mass is 9.88. The highest BCUT2D eigenvalue weighted by molar-refractivity contribution is 6.21. The average molecular weight is 253 g/mol. The summed E-state index contributed by atoms with van der Waals surface area (Å²) in [6.45, 7) is 7.39. The topological polar surface area (TPSA) is 24.9 Å². The minimum Gasteiger partial charge on any atom is -0.369 e. The third kappa shape index (κ3) is 3.60. The fraction of sp³-hybridized carbons (Fsp3) is 0.643. The first kappa shape index (κ1) is 12.7. The molecule has 0 aromatic carbocycles. The van der Waals surface area contributed by atoms with Crippen molar-refractivity contribution in [3.8, 4) is 0 Å². The van der Waals surface area contributed by atoms with Crippen LogP contribution in [-0.2, 0) is 5.41 Å². The first-order valence-electron chi connectivity index (χ1n) is 6.31. The number of nitrogens with zero attached hydrogens (tertiary/aromatic N) is 1. The molecule has 0 aliphatic heterocycles. The molecule has 17 heavy (non-hydrogen) atoms. The maximum atomic E-state index is 6.24. The predicted octanol–water partition coefficient (Wildman–Crippen LogP) is 3.81. The van der Waals surface area contributed by atoms with Gasteiger partial charge in [-0.15, -0.1) is 11.6 Å². The summed E-state index contributed by atoms with van der Waals surface area (Å²) in [6, 6.07) is 4.17. The summed E-state index contributed by atoms with van der Waals surface area (Å²) in [7, 11) is 0. The van der Waals surface area contributed by atoms with Crippen molar-refractivity contribution in [2.75, 3.05) is 11.9 Å². The van der Waals surface area contributed by atoms with Crippen LogP contribution in [0.4, 0.5) is 5.82 Å². The van der Waals surface area contributed by atoms with Gasteiger partial charge in [0.1, 0.15) is 5.82 Å². The van der Waals surface area contributed by atoms with Crippen molar-refractivity contribution in [3.05, 3.63) is 23.9 Å². The maximum absolute atomic E-state index is 6.24. The molecule has 2 rings (SSSR count). The third-order valence-corrected chi connectivity index (χ3v) is 3.75. The summed E-state index contributed by atoms with van der Waals surface area (Å²) in [6.07, 6.45) is 4.52. The molecule has 3 heteroatoms. The van der Waals surface area contributed by atoms with Crippen molar-refractivity contribution < 1.29 is 0 Å². The molecule has 1 saturated carbocycles. The van der Waals surface area contributed by atoms with Gasteiger partial charge in [0.05, 0.1) is 5.38 Å². The highest BCUT2D eigenvalue weighted by atomic mass is 35.5. The zero-order valence-corrected chi connectivity index (χ0v) is 11.6. The van der Waals surface area contributed by atoms with E-state index in [2.05, 4.69) is 37.1 Å². The van der Waals surface area contributed by atoms with E-state index in [0.29, 0.717) is 0 Å². The molecule has 2 nitrogen and oxygen atoms in total. The molecule has 94 valence electrons. The van der Waals surface area contributed by atoms with Crippen LogP contribution < -0.4 is 5.32 Å². The van der Waals surface area contributed by atoms with Crippen LogP contribution in [-0.4, -0.2) is 16.9 Å². The van der Waals surface area contributed by atoms with Crippen LogP contribution in [0.2, 0.25) is 0 Å². The summed E-state index contributed by atoms with van der Waals surface area (Å²) in [5.74, 6) is 1.64. The van der Waals surface area contributed by atoms with Gasteiger partial charge in [-0.05, 0) is 35.8 Å². The van der Waals surface area contributed by atoms with Gasteiger partial charge in [-0.1, -0.05) is 26.8 Å². The normalized spacial score (nSPS) is 17.9. The molecule has 1 aliphatic rings. The molecule has 0 amide bonds. The summed E-state index contributed by atoms with van der Waals surface area (Å²) < 4.78 is 0. The second-order valence-electron chi connectivity index (χ2n) is 5.92. The number of alkyl halides is 1. The van der Waals surface area contributed by atoms with Crippen LogP contribution in [0.3, 0.4) is 0 Å². The van der Waals surface area contributed by atoms with Crippen molar-refractivity contribution >= 4 is 17.4 Å². The molecule has 1 heterocycles. The molecule has 0 spiro atoms. The van der Waals surface area contributed by atoms with E-state index < -0.39 is 0 Å². The van der Waals surface area contributed by atoms with E-state index in [9.17, 15) is 0 Å². The third-order valence-electron chi connectivity index (χ3n) is 3.24. The number of hydrogen-bond donors (Lipinski definition) is 1. The van der Waals surface area contributed by atoms with E-state index in [0.717, 1.165) is 18.3 Å². The molecule has 0 radical (unpaired) electrons. The molecule has 1 aromatic heterocycles. The number of hydrogen-bond acceptors (Lipinski definition) is 2. The van der Waals surface area contributed by atoms with E-state index >= 15 is 0 Å². The minimum atomic E-state index is 0.161. The van der Waals surface area contributed by atoms with Gasteiger partial charge in [0, 0.05) is 12.7 Å². The van der Waals surface area contributed by atoms with Crippen molar-refractivity contribution in [1.82, 2.24) is 4.98 Å². The summed E-state index contributed by atoms with van der Waals surface area (Å²) in [5, 5.41) is 3.55. The Kier molecular flexibility index (Phi) is 3.62. The number of nitrogens with one attached hydrogen (secondary N) is 1. The zero-order chi connectivity index (χ0) is 12.5. The van der Waals surface area contributed by atoms with Gasteiger partial charge in [-0.3, -0.25) is 0 Å². The molecule has 1 atom stereocenters. The molecule has 1 unspecified atom stereocenters. The Hall–Kier alpha value is -0.760. The number of aromatic nitrogens is 1. The second-order valence-corrected chi connectivity index (χ2v) is 6.48. The minimum absolute atomic E-state index is 0.161. The highest BCUT2D eigenvalue weighted by Gasteiger charge is 2.29. The average Bonchev–Trinajstić information content (AvgIpc) is 3.09. The summed E-state index contributed by atoms with van der Waals surface area (Å²) >= 11 is 6.24. The van der Waals surface area contributed by atoms with Gasteiger partial charge >= 0.3 is 0 Å². The predicted molar refractivity (Wildman–Crippen MR) is 73.8 cm³/mol. The lowest BCUT2D eigenvalue weighted by Crippen LogP contribution is -2.17. The lowest BCUT2D eigenvalue weighted by Gasteiger charge is -2.18. The maximum Gasteiger partial charge on any atom is 0.125 e. The van der Waals surface area contributed by atoms with E-state index in [-0.39, 0.29) is 10.8 Å². The van der Waals surface area contributed by atoms with E-state index in [1.54, 1.807) is 0 Å². The molecule has 0 saturated heterocycles.